The highest BCUT2D eigenvalue weighted by Gasteiger charge is 2.30. The van der Waals surface area contributed by atoms with E-state index in [9.17, 15) is 0 Å². The molecule has 2 unspecified atom stereocenters. The van der Waals surface area contributed by atoms with E-state index in [-0.39, 0.29) is 24.0 Å². The average molecular weight is 538 g/mol. The maximum atomic E-state index is 6.15. The fraction of sp³-hybridized carbons (Fsp3) is 0.458. The summed E-state index contributed by atoms with van der Waals surface area (Å²) in [6.45, 7) is 2.59. The van der Waals surface area contributed by atoms with E-state index in [4.69, 9.17) is 15.2 Å². The largest absolute Gasteiger partial charge is 0.497 e. The van der Waals surface area contributed by atoms with Crippen molar-refractivity contribution in [2.45, 2.75) is 25.3 Å². The van der Waals surface area contributed by atoms with Crippen LogP contribution in [0.15, 0.2) is 53.5 Å². The summed E-state index contributed by atoms with van der Waals surface area (Å²) in [5, 5.41) is 3.25. The number of aliphatic imine (C=N–C) groups is 1. The highest BCUT2D eigenvalue weighted by Crippen LogP contribution is 2.35. The molecule has 0 bridgehead atoms. The van der Waals surface area contributed by atoms with E-state index in [1.54, 1.807) is 14.2 Å². The summed E-state index contributed by atoms with van der Waals surface area (Å²) >= 11 is 0. The van der Waals surface area contributed by atoms with Gasteiger partial charge in [0, 0.05) is 19.1 Å². The van der Waals surface area contributed by atoms with Gasteiger partial charge in [-0.3, -0.25) is 9.89 Å². The summed E-state index contributed by atoms with van der Waals surface area (Å²) in [6, 6.07) is 16.9. The minimum atomic E-state index is 0. The molecule has 3 rings (SSSR count). The van der Waals surface area contributed by atoms with Gasteiger partial charge in [0.1, 0.15) is 11.5 Å². The van der Waals surface area contributed by atoms with Crippen molar-refractivity contribution in [1.29, 1.82) is 0 Å². The molecule has 0 amide bonds. The van der Waals surface area contributed by atoms with E-state index < -0.39 is 0 Å². The first kappa shape index (κ1) is 25.3. The number of rotatable bonds is 8. The van der Waals surface area contributed by atoms with E-state index in [1.807, 2.05) is 24.3 Å². The molecule has 2 aromatic rings. The molecule has 0 aromatic heterocycles. The second-order valence-electron chi connectivity index (χ2n) is 7.85. The topological polar surface area (TPSA) is 72.1 Å². The van der Waals surface area contributed by atoms with Gasteiger partial charge in [-0.25, -0.2) is 0 Å². The highest BCUT2D eigenvalue weighted by atomic mass is 127. The van der Waals surface area contributed by atoms with Crippen LogP contribution in [0, 0.1) is 5.92 Å². The summed E-state index contributed by atoms with van der Waals surface area (Å²) < 4.78 is 10.5. The Hall–Kier alpha value is -2.00. The molecule has 2 aromatic carbocycles. The summed E-state index contributed by atoms with van der Waals surface area (Å²) in [4.78, 5) is 7.09. The minimum absolute atomic E-state index is 0. The van der Waals surface area contributed by atoms with Crippen molar-refractivity contribution in [3.05, 3.63) is 59.7 Å². The number of nitrogens with zero attached hydrogens (tertiary/aromatic N) is 2. The Balaban J connectivity index is 0.00000341. The number of ether oxygens (including phenoxy) is 2. The van der Waals surface area contributed by atoms with Gasteiger partial charge in [0.15, 0.2) is 5.96 Å². The number of nitrogens with two attached hydrogens (primary N) is 1. The number of halogens is 1. The van der Waals surface area contributed by atoms with Crippen molar-refractivity contribution >= 4 is 29.9 Å². The number of hydrogen-bond acceptors (Lipinski definition) is 4. The number of guanidine groups is 1. The first-order chi connectivity index (χ1) is 14.6. The van der Waals surface area contributed by atoms with Crippen LogP contribution in [-0.4, -0.2) is 51.8 Å². The molecule has 7 heteroatoms. The van der Waals surface area contributed by atoms with Crippen LogP contribution in [-0.2, 0) is 6.42 Å². The molecule has 0 radical (unpaired) electrons. The zero-order valence-electron chi connectivity index (χ0n) is 18.7. The fourth-order valence-electron chi connectivity index (χ4n) is 4.18. The molecular weight excluding hydrogens is 503 g/mol. The van der Waals surface area contributed by atoms with Gasteiger partial charge in [-0.1, -0.05) is 24.3 Å². The number of piperidine rings is 1. The maximum Gasteiger partial charge on any atom is 0.188 e. The SMILES string of the molecule is COc1ccc(CCNC(N)=NCC2CCCN(C)C2c2ccc(OC)cc2)cc1.I. The van der Waals surface area contributed by atoms with Crippen LogP contribution in [0.1, 0.15) is 30.0 Å². The van der Waals surface area contributed by atoms with Gasteiger partial charge < -0.3 is 20.5 Å². The third-order valence-electron chi connectivity index (χ3n) is 5.84. The van der Waals surface area contributed by atoms with Gasteiger partial charge in [0.2, 0.25) is 0 Å². The van der Waals surface area contributed by atoms with Crippen molar-refractivity contribution in [3.63, 3.8) is 0 Å². The third kappa shape index (κ3) is 7.28. The predicted molar refractivity (Wildman–Crippen MR) is 138 cm³/mol. The van der Waals surface area contributed by atoms with Crippen molar-refractivity contribution in [2.24, 2.45) is 16.6 Å². The van der Waals surface area contributed by atoms with Crippen LogP contribution in [0.5, 0.6) is 11.5 Å². The quantitative estimate of drug-likeness (QED) is 0.304. The van der Waals surface area contributed by atoms with E-state index in [1.165, 1.54) is 17.5 Å². The first-order valence-corrected chi connectivity index (χ1v) is 10.6. The lowest BCUT2D eigenvalue weighted by molar-refractivity contribution is 0.125. The van der Waals surface area contributed by atoms with Crippen molar-refractivity contribution in [1.82, 2.24) is 10.2 Å². The molecule has 170 valence electrons. The van der Waals surface area contributed by atoms with Crippen molar-refractivity contribution < 1.29 is 9.47 Å². The van der Waals surface area contributed by atoms with Crippen molar-refractivity contribution in [3.8, 4) is 11.5 Å². The molecule has 0 spiro atoms. The maximum absolute atomic E-state index is 6.15. The molecule has 3 N–H and O–H groups in total. The molecule has 1 aliphatic rings. The van der Waals surface area contributed by atoms with Gasteiger partial charge in [0.25, 0.3) is 0 Å². The molecule has 2 atom stereocenters. The summed E-state index contributed by atoms with van der Waals surface area (Å²) in [5.41, 5.74) is 8.70. The van der Waals surface area contributed by atoms with E-state index in [0.29, 0.717) is 17.9 Å². The number of methoxy groups -OCH3 is 2. The Bertz CT molecular complexity index is 811. The first-order valence-electron chi connectivity index (χ1n) is 10.6. The van der Waals surface area contributed by atoms with Crippen LogP contribution in [0.4, 0.5) is 0 Å². The molecule has 0 saturated carbocycles. The van der Waals surface area contributed by atoms with Gasteiger partial charge >= 0.3 is 0 Å². The molecule has 1 aliphatic heterocycles. The third-order valence-corrected chi connectivity index (χ3v) is 5.84. The highest BCUT2D eigenvalue weighted by molar-refractivity contribution is 14.0. The molecular formula is C24H35IN4O2. The van der Waals surface area contributed by atoms with Crippen LogP contribution in [0.3, 0.4) is 0 Å². The van der Waals surface area contributed by atoms with Crippen LogP contribution in [0.25, 0.3) is 0 Å². The molecule has 0 aliphatic carbocycles. The molecule has 1 heterocycles. The average Bonchev–Trinajstić information content (AvgIpc) is 2.78. The smallest absolute Gasteiger partial charge is 0.188 e. The standard InChI is InChI=1S/C24H34N4O2.HI/c1-28-16-4-5-20(23(28)19-8-12-22(30-3)13-9-19)17-27-24(25)26-15-14-18-6-10-21(29-2)11-7-18;/h6-13,20,23H,4-5,14-17H2,1-3H3,(H3,25,26,27);1H. The zero-order chi connectivity index (χ0) is 21.3. The summed E-state index contributed by atoms with van der Waals surface area (Å²) in [6.07, 6.45) is 3.23. The summed E-state index contributed by atoms with van der Waals surface area (Å²) in [5.74, 6) is 2.72. The Labute approximate surface area is 203 Å². The number of nitrogens with one attached hydrogen (secondary N) is 1. The number of likely N-dealkylation sites (tertiary alicyclic amines) is 1. The second kappa shape index (κ2) is 12.8. The Morgan fingerprint density at radius 1 is 1.06 bits per heavy atom. The van der Waals surface area contributed by atoms with Gasteiger partial charge in [-0.15, -0.1) is 24.0 Å². The lowest BCUT2D eigenvalue weighted by atomic mass is 9.85. The van der Waals surface area contributed by atoms with Crippen LogP contribution < -0.4 is 20.5 Å². The predicted octanol–water partition coefficient (Wildman–Crippen LogP) is 3.85. The van der Waals surface area contributed by atoms with Gasteiger partial charge in [-0.2, -0.15) is 0 Å². The zero-order valence-corrected chi connectivity index (χ0v) is 21.0. The van der Waals surface area contributed by atoms with Crippen LogP contribution >= 0.6 is 24.0 Å². The molecule has 6 nitrogen and oxygen atoms in total. The van der Waals surface area contributed by atoms with Gasteiger partial charge in [0.05, 0.1) is 14.2 Å². The van der Waals surface area contributed by atoms with E-state index >= 15 is 0 Å². The summed E-state index contributed by atoms with van der Waals surface area (Å²) in [7, 11) is 5.57. The van der Waals surface area contributed by atoms with Crippen molar-refractivity contribution in [2.75, 3.05) is 40.9 Å². The lowest BCUT2D eigenvalue weighted by Crippen LogP contribution is -2.38. The molecule has 1 saturated heterocycles. The lowest BCUT2D eigenvalue weighted by Gasteiger charge is -2.39. The van der Waals surface area contributed by atoms with Crippen LogP contribution in [0.2, 0.25) is 0 Å². The Morgan fingerprint density at radius 2 is 1.68 bits per heavy atom. The number of benzene rings is 2. The normalized spacial score (nSPS) is 19.4. The number of hydrogen-bond donors (Lipinski definition) is 2. The Morgan fingerprint density at radius 3 is 2.29 bits per heavy atom. The molecule has 31 heavy (non-hydrogen) atoms. The second-order valence-corrected chi connectivity index (χ2v) is 7.85. The fourth-order valence-corrected chi connectivity index (χ4v) is 4.18. The monoisotopic (exact) mass is 538 g/mol. The minimum Gasteiger partial charge on any atom is -0.497 e. The van der Waals surface area contributed by atoms with E-state index in [2.05, 4.69) is 46.5 Å². The molecule has 1 fully saturated rings. The van der Waals surface area contributed by atoms with Gasteiger partial charge in [-0.05, 0) is 74.2 Å². The van der Waals surface area contributed by atoms with E-state index in [0.717, 1.165) is 44.0 Å². The Kier molecular flexibility index (Phi) is 10.4.